The first-order valence-corrected chi connectivity index (χ1v) is 11.3. The summed E-state index contributed by atoms with van der Waals surface area (Å²) in [5, 5.41) is 43.9. The molecule has 0 saturated heterocycles. The van der Waals surface area contributed by atoms with Gasteiger partial charge >= 0.3 is 7.12 Å². The van der Waals surface area contributed by atoms with Crippen LogP contribution in [-0.4, -0.2) is 58.5 Å². The molecule has 0 aliphatic heterocycles. The van der Waals surface area contributed by atoms with Crippen molar-refractivity contribution in [2.75, 3.05) is 6.54 Å². The summed E-state index contributed by atoms with van der Waals surface area (Å²) in [5.41, 5.74) is 2.78. The molecular weight excluding hydrogens is 443 g/mol. The molecule has 34 heavy (non-hydrogen) atoms. The summed E-state index contributed by atoms with van der Waals surface area (Å²) in [6.45, 7) is 3.92. The third-order valence-electron chi connectivity index (χ3n) is 4.95. The first kappa shape index (κ1) is 28.8. The Kier molecular flexibility index (Phi) is 13.2. The van der Waals surface area contributed by atoms with Crippen molar-refractivity contribution in [2.24, 2.45) is 5.92 Å². The zero-order valence-electron chi connectivity index (χ0n) is 19.6. The molecule has 1 rings (SSSR count). The van der Waals surface area contributed by atoms with Crippen molar-refractivity contribution >= 4 is 24.9 Å². The van der Waals surface area contributed by atoms with Crippen LogP contribution in [0.5, 0.6) is 0 Å². The monoisotopic (exact) mass is 478 g/mol. The van der Waals surface area contributed by atoms with Crippen molar-refractivity contribution < 1.29 is 24.7 Å². The average Bonchev–Trinajstić information content (AvgIpc) is 2.75. The number of rotatable bonds is 15. The fraction of sp³-hybridized carbons (Fsp3) is 0.571. The van der Waals surface area contributed by atoms with Crippen LogP contribution in [0.4, 0.5) is 0 Å². The molecule has 188 valence electrons. The van der Waals surface area contributed by atoms with Crippen LogP contribution in [0.3, 0.4) is 0 Å². The predicted octanol–water partition coefficient (Wildman–Crippen LogP) is 0.123. The molecule has 0 bridgehead atoms. The van der Waals surface area contributed by atoms with Gasteiger partial charge in [-0.3, -0.25) is 15.0 Å². The Hall–Kier alpha value is -3.19. The van der Waals surface area contributed by atoms with Gasteiger partial charge in [-0.05, 0) is 43.6 Å². The van der Waals surface area contributed by atoms with Crippen LogP contribution in [0, 0.1) is 21.4 Å². The molecule has 2 amide bonds. The summed E-state index contributed by atoms with van der Waals surface area (Å²) < 4.78 is 0. The van der Waals surface area contributed by atoms with Gasteiger partial charge in [0.1, 0.15) is 6.04 Å². The van der Waals surface area contributed by atoms with Crippen molar-refractivity contribution in [2.45, 2.75) is 64.4 Å². The minimum Gasteiger partial charge on any atom is -0.426 e. The van der Waals surface area contributed by atoms with Crippen molar-refractivity contribution in [3.05, 3.63) is 46.0 Å². The van der Waals surface area contributed by atoms with Crippen LogP contribution >= 0.6 is 0 Å². The van der Waals surface area contributed by atoms with Crippen LogP contribution in [0.2, 0.25) is 0 Å². The van der Waals surface area contributed by atoms with E-state index in [2.05, 4.69) is 16.0 Å². The molecule has 1 aromatic carbocycles. The molecular formula is C21H35BN6O6. The molecule has 0 spiro atoms. The van der Waals surface area contributed by atoms with Crippen molar-refractivity contribution in [3.8, 4) is 0 Å². The first-order valence-electron chi connectivity index (χ1n) is 11.3. The third kappa shape index (κ3) is 12.8. The van der Waals surface area contributed by atoms with E-state index < -0.39 is 36.0 Å². The maximum Gasteiger partial charge on any atom is 0.475 e. The molecule has 0 aliphatic rings. The van der Waals surface area contributed by atoms with Crippen LogP contribution in [0.1, 0.15) is 51.5 Å². The molecule has 0 aliphatic carbocycles. The highest BCUT2D eigenvalue weighted by Gasteiger charge is 2.29. The number of hydrazine groups is 1. The summed E-state index contributed by atoms with van der Waals surface area (Å²) in [6, 6.07) is 8.78. The van der Waals surface area contributed by atoms with Gasteiger partial charge in [0.15, 0.2) is 5.03 Å². The van der Waals surface area contributed by atoms with Gasteiger partial charge in [0.05, 0.1) is 5.94 Å². The number of hydrogen-bond acceptors (Lipinski definition) is 7. The number of guanidine groups is 1. The second-order valence-corrected chi connectivity index (χ2v) is 8.43. The highest BCUT2D eigenvalue weighted by Crippen LogP contribution is 2.08. The molecule has 0 saturated carbocycles. The fourth-order valence-electron chi connectivity index (χ4n) is 3.33. The summed E-state index contributed by atoms with van der Waals surface area (Å²) in [6.07, 6.45) is 2.37. The van der Waals surface area contributed by atoms with E-state index in [1.54, 1.807) is 5.43 Å². The molecule has 0 radical (unpaired) electrons. The molecule has 0 unspecified atom stereocenters. The largest absolute Gasteiger partial charge is 0.475 e. The molecule has 12 nitrogen and oxygen atoms in total. The van der Waals surface area contributed by atoms with Crippen LogP contribution in [0.25, 0.3) is 0 Å². The van der Waals surface area contributed by atoms with Gasteiger partial charge in [-0.25, -0.2) is 10.1 Å². The van der Waals surface area contributed by atoms with Crippen molar-refractivity contribution in [1.82, 2.24) is 21.4 Å². The lowest BCUT2D eigenvalue weighted by Gasteiger charge is -2.24. The van der Waals surface area contributed by atoms with E-state index in [4.69, 9.17) is 5.41 Å². The van der Waals surface area contributed by atoms with E-state index in [0.717, 1.165) is 5.56 Å². The molecule has 13 heteroatoms. The van der Waals surface area contributed by atoms with Crippen LogP contribution < -0.4 is 21.4 Å². The van der Waals surface area contributed by atoms with Crippen LogP contribution in [0.15, 0.2) is 30.3 Å². The van der Waals surface area contributed by atoms with Crippen molar-refractivity contribution in [3.63, 3.8) is 0 Å². The van der Waals surface area contributed by atoms with Gasteiger partial charge in [0.2, 0.25) is 11.8 Å². The van der Waals surface area contributed by atoms with Gasteiger partial charge in [-0.2, -0.15) is 0 Å². The predicted molar refractivity (Wildman–Crippen MR) is 128 cm³/mol. The van der Waals surface area contributed by atoms with Crippen LogP contribution in [-0.2, 0) is 16.0 Å². The molecule has 0 fully saturated rings. The zero-order chi connectivity index (χ0) is 25.5. The number of nitro groups is 1. The normalized spacial score (nSPS) is 12.4. The van der Waals surface area contributed by atoms with E-state index >= 15 is 0 Å². The molecule has 1 aromatic rings. The molecule has 0 aromatic heterocycles. The standard InChI is InChI=1S/C21H35BN6O6/c1-15(2)14-18(22(31)32)26-20(30)17(11-7-13-24-21(23)27-28(33)34)25-19(29)12-6-10-16-8-4-3-5-9-16/h3-5,8-9,15,17-18,31-32H,6-7,10-14H2,1-2H3,(H,25,29)(H,26,30)(H3,23,24,27)/t17-,18-/m0/s1. The summed E-state index contributed by atoms with van der Waals surface area (Å²) >= 11 is 0. The number of nitrogens with one attached hydrogen (secondary N) is 5. The van der Waals surface area contributed by atoms with Gasteiger partial charge in [0.25, 0.3) is 5.96 Å². The number of carbonyl (C=O) groups is 2. The van der Waals surface area contributed by atoms with Crippen molar-refractivity contribution in [1.29, 1.82) is 5.41 Å². The Morgan fingerprint density at radius 1 is 1.15 bits per heavy atom. The Labute approximate surface area is 199 Å². The van der Waals surface area contributed by atoms with Gasteiger partial charge in [0, 0.05) is 13.0 Å². The van der Waals surface area contributed by atoms with E-state index in [9.17, 15) is 29.8 Å². The lowest BCUT2D eigenvalue weighted by Crippen LogP contribution is -2.54. The average molecular weight is 478 g/mol. The minimum atomic E-state index is -1.75. The highest BCUT2D eigenvalue weighted by atomic mass is 16.7. The summed E-state index contributed by atoms with van der Waals surface area (Å²) in [5.74, 6) is -2.13. The number of benzene rings is 1. The lowest BCUT2D eigenvalue weighted by atomic mass is 9.75. The summed E-state index contributed by atoms with van der Waals surface area (Å²) in [7, 11) is -1.75. The van der Waals surface area contributed by atoms with E-state index in [0.29, 0.717) is 25.7 Å². The second-order valence-electron chi connectivity index (χ2n) is 8.43. The number of carbonyl (C=O) groups excluding carboxylic acids is 2. The van der Waals surface area contributed by atoms with Gasteiger partial charge in [-0.1, -0.05) is 49.6 Å². The maximum absolute atomic E-state index is 12.8. The van der Waals surface area contributed by atoms with E-state index in [1.165, 1.54) is 0 Å². The van der Waals surface area contributed by atoms with Gasteiger partial charge < -0.3 is 26.0 Å². The summed E-state index contributed by atoms with van der Waals surface area (Å²) in [4.78, 5) is 35.7. The number of amides is 2. The number of hydrogen-bond donors (Lipinski definition) is 7. The fourth-order valence-corrected chi connectivity index (χ4v) is 3.33. The van der Waals surface area contributed by atoms with E-state index in [1.807, 2.05) is 44.2 Å². The second kappa shape index (κ2) is 15.6. The minimum absolute atomic E-state index is 0.0995. The third-order valence-corrected chi connectivity index (χ3v) is 4.95. The molecule has 2 atom stereocenters. The highest BCUT2D eigenvalue weighted by molar-refractivity contribution is 6.43. The number of aryl methyl sites for hydroxylation is 1. The topological polar surface area (TPSA) is 190 Å². The Morgan fingerprint density at radius 3 is 2.41 bits per heavy atom. The Morgan fingerprint density at radius 2 is 1.82 bits per heavy atom. The van der Waals surface area contributed by atoms with E-state index in [-0.39, 0.29) is 31.2 Å². The Bertz CT molecular complexity index is 795. The Balaban J connectivity index is 2.66. The lowest BCUT2D eigenvalue weighted by molar-refractivity contribution is -0.525. The molecule has 0 heterocycles. The molecule has 7 N–H and O–H groups in total. The SMILES string of the molecule is CC(C)C[C@H](NC(=O)[C@H](CCCNC(=N)N[N+](=O)[O-])NC(=O)CCCc1ccccc1)B(O)O. The zero-order valence-corrected chi connectivity index (χ0v) is 19.6. The smallest absolute Gasteiger partial charge is 0.426 e. The van der Waals surface area contributed by atoms with Gasteiger partial charge in [-0.15, -0.1) is 0 Å². The first-order chi connectivity index (χ1) is 16.1. The number of nitrogens with zero attached hydrogens (tertiary/aromatic N) is 1. The quantitative estimate of drug-likeness (QED) is 0.0462. The maximum atomic E-state index is 12.8.